The predicted octanol–water partition coefficient (Wildman–Crippen LogP) is 6.75. The molecule has 184 valence electrons. The Labute approximate surface area is 197 Å². The number of nitrogens with zero attached hydrogens (tertiary/aromatic N) is 4. The lowest BCUT2D eigenvalue weighted by atomic mass is 10.0. The third-order valence-electron chi connectivity index (χ3n) is 6.27. The molecular formula is C24H14F7N5. The Kier molecular flexibility index (Phi) is 4.70. The normalized spacial score (nSPS) is 14.8. The molecule has 0 spiro atoms. The zero-order chi connectivity index (χ0) is 25.4. The molecule has 0 amide bonds. The number of alkyl halides is 5. The molecule has 1 fully saturated rings. The molecule has 2 aromatic carbocycles. The summed E-state index contributed by atoms with van der Waals surface area (Å²) in [6, 6.07) is 5.23. The van der Waals surface area contributed by atoms with Crippen molar-refractivity contribution in [2.45, 2.75) is 30.9 Å². The van der Waals surface area contributed by atoms with Gasteiger partial charge in [0.1, 0.15) is 11.6 Å². The third-order valence-corrected chi connectivity index (χ3v) is 6.27. The first-order chi connectivity index (χ1) is 17.1. The number of imidazole rings is 1. The molecule has 1 aliphatic rings. The van der Waals surface area contributed by atoms with E-state index in [-0.39, 0.29) is 28.1 Å². The van der Waals surface area contributed by atoms with E-state index in [2.05, 4.69) is 20.2 Å². The first-order valence-electron chi connectivity index (χ1n) is 10.8. The molecule has 0 unspecified atom stereocenters. The van der Waals surface area contributed by atoms with Crippen molar-refractivity contribution in [3.8, 4) is 22.5 Å². The van der Waals surface area contributed by atoms with E-state index in [1.54, 1.807) is 12.1 Å². The number of H-pyrrole nitrogens is 1. The molecule has 0 radical (unpaired) electrons. The van der Waals surface area contributed by atoms with Crippen LogP contribution in [0.15, 0.2) is 48.9 Å². The number of hydrogen-bond donors (Lipinski definition) is 1. The van der Waals surface area contributed by atoms with Crippen molar-refractivity contribution in [1.29, 1.82) is 0 Å². The summed E-state index contributed by atoms with van der Waals surface area (Å²) in [7, 11) is 0. The van der Waals surface area contributed by atoms with E-state index < -0.39 is 29.3 Å². The Morgan fingerprint density at radius 3 is 2.47 bits per heavy atom. The molecule has 1 aliphatic carbocycles. The van der Waals surface area contributed by atoms with Crippen molar-refractivity contribution in [2.24, 2.45) is 0 Å². The average Bonchev–Trinajstić information content (AvgIpc) is 3.43. The van der Waals surface area contributed by atoms with Gasteiger partial charge in [0.15, 0.2) is 5.65 Å². The second-order valence-electron chi connectivity index (χ2n) is 8.65. The van der Waals surface area contributed by atoms with E-state index in [1.807, 2.05) is 0 Å². The van der Waals surface area contributed by atoms with Crippen LogP contribution >= 0.6 is 0 Å². The summed E-state index contributed by atoms with van der Waals surface area (Å²) in [5.74, 6) is -7.56. The van der Waals surface area contributed by atoms with Gasteiger partial charge >= 0.3 is 12.1 Å². The molecule has 36 heavy (non-hydrogen) atoms. The molecule has 3 heterocycles. The number of nitrogens with one attached hydrogen (secondary N) is 1. The molecule has 12 heteroatoms. The fourth-order valence-electron chi connectivity index (χ4n) is 4.27. The Bertz CT molecular complexity index is 1650. The molecular weight excluding hydrogens is 491 g/mol. The first kappa shape index (κ1) is 22.5. The maximum absolute atomic E-state index is 15.5. The van der Waals surface area contributed by atoms with Crippen LogP contribution in [0.25, 0.3) is 39.1 Å². The second-order valence-corrected chi connectivity index (χ2v) is 8.65. The van der Waals surface area contributed by atoms with Gasteiger partial charge in [-0.05, 0) is 43.2 Å². The van der Waals surface area contributed by atoms with Crippen LogP contribution in [0, 0.1) is 11.6 Å². The lowest BCUT2D eigenvalue weighted by Crippen LogP contribution is -2.34. The van der Waals surface area contributed by atoms with Crippen LogP contribution in [0.5, 0.6) is 0 Å². The van der Waals surface area contributed by atoms with Crippen molar-refractivity contribution in [3.05, 3.63) is 71.8 Å². The van der Waals surface area contributed by atoms with E-state index in [4.69, 9.17) is 0 Å². The van der Waals surface area contributed by atoms with Crippen LogP contribution in [0.2, 0.25) is 0 Å². The van der Waals surface area contributed by atoms with E-state index in [9.17, 15) is 26.3 Å². The van der Waals surface area contributed by atoms with Gasteiger partial charge in [0.25, 0.3) is 0 Å². The highest BCUT2D eigenvalue weighted by Crippen LogP contribution is 2.47. The Morgan fingerprint density at radius 2 is 1.75 bits per heavy atom. The van der Waals surface area contributed by atoms with E-state index in [0.29, 0.717) is 34.7 Å². The summed E-state index contributed by atoms with van der Waals surface area (Å²) in [5, 5.41) is 6.80. The highest BCUT2D eigenvalue weighted by Gasteiger charge is 2.60. The van der Waals surface area contributed by atoms with E-state index in [0.717, 1.165) is 18.9 Å². The Morgan fingerprint density at radius 1 is 0.972 bits per heavy atom. The van der Waals surface area contributed by atoms with Crippen LogP contribution in [0.4, 0.5) is 30.7 Å². The summed E-state index contributed by atoms with van der Waals surface area (Å²) < 4.78 is 97.6. The van der Waals surface area contributed by atoms with Gasteiger partial charge in [-0.2, -0.15) is 27.1 Å². The number of hydrogen-bond acceptors (Lipinski definition) is 3. The molecule has 1 saturated carbocycles. The van der Waals surface area contributed by atoms with Gasteiger partial charge in [-0.25, -0.2) is 13.8 Å². The van der Waals surface area contributed by atoms with Crippen molar-refractivity contribution < 1.29 is 30.7 Å². The van der Waals surface area contributed by atoms with Gasteiger partial charge < -0.3 is 0 Å². The van der Waals surface area contributed by atoms with E-state index >= 15 is 4.39 Å². The average molecular weight is 505 g/mol. The standard InChI is InChI=1S/C24H14F7N5/c25-16-5-3-12(7-15(16)23(27,28)24(29,30)31)18-10-36-19(9-32-18)34-21(11-1-2-11)22(36)13-4-6-17-14(20(13)26)8-33-35-17/h3-11H,1-2H2,(H,33,35). The largest absolute Gasteiger partial charge is 0.458 e. The monoisotopic (exact) mass is 505 g/mol. The van der Waals surface area contributed by atoms with Gasteiger partial charge in [-0.3, -0.25) is 14.5 Å². The molecule has 0 aliphatic heterocycles. The minimum Gasteiger partial charge on any atom is -0.296 e. The Hall–Kier alpha value is -3.96. The number of aromatic nitrogens is 5. The van der Waals surface area contributed by atoms with Crippen LogP contribution in [-0.2, 0) is 5.92 Å². The van der Waals surface area contributed by atoms with Gasteiger partial charge in [-0.1, -0.05) is 0 Å². The summed E-state index contributed by atoms with van der Waals surface area (Å²) in [4.78, 5) is 8.72. The number of rotatable bonds is 4. The molecule has 1 N–H and O–H groups in total. The van der Waals surface area contributed by atoms with Crippen molar-refractivity contribution in [2.75, 3.05) is 0 Å². The summed E-state index contributed by atoms with van der Waals surface area (Å²) in [6.07, 6.45) is -0.262. The zero-order valence-electron chi connectivity index (χ0n) is 18.0. The van der Waals surface area contributed by atoms with E-state index in [1.165, 1.54) is 23.0 Å². The first-order valence-corrected chi connectivity index (χ1v) is 10.8. The van der Waals surface area contributed by atoms with Gasteiger partial charge in [0, 0.05) is 23.2 Å². The fraction of sp³-hybridized carbons (Fsp3) is 0.208. The maximum atomic E-state index is 15.5. The lowest BCUT2D eigenvalue weighted by Gasteiger charge is -2.21. The highest BCUT2D eigenvalue weighted by molar-refractivity contribution is 5.85. The molecule has 6 rings (SSSR count). The topological polar surface area (TPSA) is 58.9 Å². The van der Waals surface area contributed by atoms with Crippen LogP contribution in [-0.4, -0.2) is 30.7 Å². The van der Waals surface area contributed by atoms with Crippen LogP contribution in [0.3, 0.4) is 0 Å². The number of halogens is 7. The summed E-state index contributed by atoms with van der Waals surface area (Å²) >= 11 is 0. The number of benzene rings is 2. The number of aromatic amines is 1. The molecule has 5 aromatic rings. The Balaban J connectivity index is 1.55. The minimum atomic E-state index is -5.98. The zero-order valence-corrected chi connectivity index (χ0v) is 18.0. The lowest BCUT2D eigenvalue weighted by molar-refractivity contribution is -0.290. The van der Waals surface area contributed by atoms with Gasteiger partial charge in [0.05, 0.1) is 45.9 Å². The summed E-state index contributed by atoms with van der Waals surface area (Å²) in [5.41, 5.74) is 0.0891. The quantitative estimate of drug-likeness (QED) is 0.275. The minimum absolute atomic E-state index is 0.0208. The second kappa shape index (κ2) is 7.52. The smallest absolute Gasteiger partial charge is 0.296 e. The molecule has 0 bridgehead atoms. The SMILES string of the molecule is Fc1ccc(-c2cn3c(-c4ccc5[nH]ncc5c4F)c(C4CC4)nc3cn2)cc1C(F)(F)C(F)(F)F. The third kappa shape index (κ3) is 3.34. The molecule has 0 atom stereocenters. The van der Waals surface area contributed by atoms with Crippen molar-refractivity contribution in [3.63, 3.8) is 0 Å². The van der Waals surface area contributed by atoms with Gasteiger partial charge in [0.2, 0.25) is 0 Å². The molecule has 0 saturated heterocycles. The maximum Gasteiger partial charge on any atom is 0.458 e. The van der Waals surface area contributed by atoms with Crippen LogP contribution in [0.1, 0.15) is 30.0 Å². The summed E-state index contributed by atoms with van der Waals surface area (Å²) in [6.45, 7) is 0. The van der Waals surface area contributed by atoms with Crippen molar-refractivity contribution >= 4 is 16.6 Å². The highest BCUT2D eigenvalue weighted by atomic mass is 19.4. The molecule has 3 aromatic heterocycles. The van der Waals surface area contributed by atoms with Crippen molar-refractivity contribution in [1.82, 2.24) is 24.6 Å². The number of fused-ring (bicyclic) bond motifs is 2. The predicted molar refractivity (Wildman–Crippen MR) is 115 cm³/mol. The molecule has 5 nitrogen and oxygen atoms in total. The van der Waals surface area contributed by atoms with Crippen LogP contribution < -0.4 is 0 Å². The van der Waals surface area contributed by atoms with Gasteiger partial charge in [-0.15, -0.1) is 0 Å². The fourth-order valence-corrected chi connectivity index (χ4v) is 4.27.